The van der Waals surface area contributed by atoms with Crippen LogP contribution in [0.15, 0.2) is 29.3 Å². The van der Waals surface area contributed by atoms with Gasteiger partial charge in [-0.1, -0.05) is 31.5 Å². The zero-order valence-electron chi connectivity index (χ0n) is 16.5. The molecule has 3 atom stereocenters. The average molecular weight is 394 g/mol. The standard InChI is InChI=1S/C21H32FN3OS/c1-3-23-20(25-16-8-7-9-17(14-16)27(26)4-2)24-15-21(12-13-21)18-10-5-6-11-19(18)22/h5-6,10-11,16-17H,3-4,7-9,12-15H2,1-2H3,(H2,23,24,25). The second-order valence-corrected chi connectivity index (χ2v) is 9.76. The molecule has 1 aromatic rings. The van der Waals surface area contributed by atoms with Crippen molar-refractivity contribution in [1.29, 1.82) is 0 Å². The van der Waals surface area contributed by atoms with Gasteiger partial charge < -0.3 is 10.6 Å². The van der Waals surface area contributed by atoms with E-state index in [1.54, 1.807) is 12.1 Å². The van der Waals surface area contributed by atoms with Crippen LogP contribution in [-0.4, -0.2) is 40.3 Å². The normalized spacial score (nSPS) is 25.7. The number of hydrogen-bond donors (Lipinski definition) is 2. The van der Waals surface area contributed by atoms with Gasteiger partial charge in [0.25, 0.3) is 0 Å². The first-order chi connectivity index (χ1) is 13.1. The van der Waals surface area contributed by atoms with Crippen molar-refractivity contribution in [1.82, 2.24) is 10.6 Å². The van der Waals surface area contributed by atoms with Gasteiger partial charge in [-0.05, 0) is 50.7 Å². The first-order valence-corrected chi connectivity index (χ1v) is 11.6. The molecule has 27 heavy (non-hydrogen) atoms. The van der Waals surface area contributed by atoms with Crippen LogP contribution in [0.1, 0.15) is 57.9 Å². The molecule has 0 aliphatic heterocycles. The molecule has 0 radical (unpaired) electrons. The summed E-state index contributed by atoms with van der Waals surface area (Å²) < 4.78 is 26.4. The van der Waals surface area contributed by atoms with E-state index in [1.165, 1.54) is 0 Å². The molecule has 6 heteroatoms. The van der Waals surface area contributed by atoms with E-state index >= 15 is 0 Å². The van der Waals surface area contributed by atoms with Crippen molar-refractivity contribution >= 4 is 16.8 Å². The molecule has 2 aliphatic rings. The van der Waals surface area contributed by atoms with Crippen LogP contribution in [0.4, 0.5) is 4.39 Å². The third kappa shape index (κ3) is 5.09. The molecule has 3 unspecified atom stereocenters. The van der Waals surface area contributed by atoms with Gasteiger partial charge in [-0.25, -0.2) is 4.39 Å². The Hall–Kier alpha value is -1.43. The van der Waals surface area contributed by atoms with E-state index in [4.69, 9.17) is 4.99 Å². The SMILES string of the molecule is CCNC(=NCC1(c2ccccc2F)CC1)NC1CCCC(S(=O)CC)C1. The van der Waals surface area contributed by atoms with Crippen molar-refractivity contribution in [2.45, 2.75) is 69.1 Å². The number of guanidine groups is 1. The van der Waals surface area contributed by atoms with Crippen molar-refractivity contribution < 1.29 is 8.60 Å². The number of hydrogen-bond acceptors (Lipinski definition) is 2. The van der Waals surface area contributed by atoms with Gasteiger partial charge >= 0.3 is 0 Å². The van der Waals surface area contributed by atoms with E-state index in [0.29, 0.717) is 12.6 Å². The predicted octanol–water partition coefficient (Wildman–Crippen LogP) is 3.49. The minimum Gasteiger partial charge on any atom is -0.357 e. The molecule has 2 N–H and O–H groups in total. The highest BCUT2D eigenvalue weighted by molar-refractivity contribution is 7.85. The van der Waals surface area contributed by atoms with Crippen LogP contribution < -0.4 is 10.6 Å². The summed E-state index contributed by atoms with van der Waals surface area (Å²) in [5.41, 5.74) is 0.646. The highest BCUT2D eigenvalue weighted by atomic mass is 32.2. The Balaban J connectivity index is 1.65. The lowest BCUT2D eigenvalue weighted by Gasteiger charge is -2.30. The van der Waals surface area contributed by atoms with E-state index in [-0.39, 0.29) is 16.5 Å². The van der Waals surface area contributed by atoms with Crippen molar-refractivity contribution in [3.05, 3.63) is 35.6 Å². The van der Waals surface area contributed by atoms with Gasteiger partial charge in [0.15, 0.2) is 5.96 Å². The maximum atomic E-state index is 14.2. The molecule has 0 saturated heterocycles. The van der Waals surface area contributed by atoms with Gasteiger partial charge in [0.05, 0.1) is 6.54 Å². The predicted molar refractivity (Wildman–Crippen MR) is 111 cm³/mol. The van der Waals surface area contributed by atoms with Crippen LogP contribution in [0.5, 0.6) is 0 Å². The van der Waals surface area contributed by atoms with E-state index in [9.17, 15) is 8.60 Å². The zero-order valence-corrected chi connectivity index (χ0v) is 17.3. The first-order valence-electron chi connectivity index (χ1n) is 10.2. The van der Waals surface area contributed by atoms with Crippen LogP contribution in [0, 0.1) is 5.82 Å². The second-order valence-electron chi connectivity index (χ2n) is 7.75. The largest absolute Gasteiger partial charge is 0.357 e. The second kappa shape index (κ2) is 9.18. The summed E-state index contributed by atoms with van der Waals surface area (Å²) in [6, 6.07) is 7.38. The van der Waals surface area contributed by atoms with Crippen LogP contribution >= 0.6 is 0 Å². The summed E-state index contributed by atoms with van der Waals surface area (Å²) in [7, 11) is -0.730. The highest BCUT2D eigenvalue weighted by Crippen LogP contribution is 2.49. The number of benzene rings is 1. The van der Waals surface area contributed by atoms with E-state index in [0.717, 1.165) is 62.3 Å². The molecular formula is C21H32FN3OS. The topological polar surface area (TPSA) is 53.5 Å². The molecular weight excluding hydrogens is 361 g/mol. The number of rotatable bonds is 7. The molecule has 2 saturated carbocycles. The van der Waals surface area contributed by atoms with Crippen LogP contribution in [-0.2, 0) is 16.2 Å². The number of halogens is 1. The van der Waals surface area contributed by atoms with Gasteiger partial charge in [0.1, 0.15) is 5.82 Å². The van der Waals surface area contributed by atoms with Crippen molar-refractivity contribution in [3.63, 3.8) is 0 Å². The Bertz CT molecular complexity index is 690. The molecule has 0 aromatic heterocycles. The Kier molecular flexibility index (Phi) is 6.90. The van der Waals surface area contributed by atoms with Crippen molar-refractivity contribution in [2.24, 2.45) is 4.99 Å². The Morgan fingerprint density at radius 2 is 2.07 bits per heavy atom. The smallest absolute Gasteiger partial charge is 0.191 e. The number of nitrogens with zero attached hydrogens (tertiary/aromatic N) is 1. The summed E-state index contributed by atoms with van der Waals surface area (Å²) in [6.45, 7) is 5.43. The molecule has 0 spiro atoms. The summed E-state index contributed by atoms with van der Waals surface area (Å²) in [6.07, 6.45) is 6.15. The summed E-state index contributed by atoms with van der Waals surface area (Å²) in [5.74, 6) is 1.41. The lowest BCUT2D eigenvalue weighted by molar-refractivity contribution is 0.413. The van der Waals surface area contributed by atoms with Gasteiger partial charge in [-0.2, -0.15) is 0 Å². The summed E-state index contributed by atoms with van der Waals surface area (Å²) >= 11 is 0. The average Bonchev–Trinajstić information content (AvgIpc) is 3.47. The molecule has 1 aromatic carbocycles. The molecule has 150 valence electrons. The minimum atomic E-state index is -0.730. The molecule has 2 fully saturated rings. The first kappa shape index (κ1) is 20.3. The van der Waals surface area contributed by atoms with Gasteiger partial charge in [-0.15, -0.1) is 0 Å². The molecule has 3 rings (SSSR count). The van der Waals surface area contributed by atoms with Crippen LogP contribution in [0.25, 0.3) is 0 Å². The number of aliphatic imine (C=N–C) groups is 1. The molecule has 0 heterocycles. The summed E-state index contributed by atoms with van der Waals surface area (Å²) in [5, 5.41) is 7.16. The van der Waals surface area contributed by atoms with Gasteiger partial charge in [0.2, 0.25) is 0 Å². The van der Waals surface area contributed by atoms with Gasteiger partial charge in [-0.3, -0.25) is 9.20 Å². The van der Waals surface area contributed by atoms with Crippen LogP contribution in [0.3, 0.4) is 0 Å². The van der Waals surface area contributed by atoms with E-state index in [1.807, 2.05) is 19.1 Å². The zero-order chi connectivity index (χ0) is 19.3. The lowest BCUT2D eigenvalue weighted by atomic mass is 9.95. The molecule has 0 bridgehead atoms. The fourth-order valence-electron chi connectivity index (χ4n) is 4.05. The lowest BCUT2D eigenvalue weighted by Crippen LogP contribution is -2.47. The van der Waals surface area contributed by atoms with E-state index < -0.39 is 10.8 Å². The van der Waals surface area contributed by atoms with Gasteiger partial charge in [0, 0.05) is 39.8 Å². The van der Waals surface area contributed by atoms with E-state index in [2.05, 4.69) is 17.6 Å². The van der Waals surface area contributed by atoms with Crippen molar-refractivity contribution in [2.75, 3.05) is 18.8 Å². The third-order valence-electron chi connectivity index (χ3n) is 5.81. The Morgan fingerprint density at radius 3 is 2.74 bits per heavy atom. The Labute approximate surface area is 164 Å². The third-order valence-corrected chi connectivity index (χ3v) is 7.55. The number of nitrogens with one attached hydrogen (secondary N) is 2. The summed E-state index contributed by atoms with van der Waals surface area (Å²) in [4.78, 5) is 4.80. The highest BCUT2D eigenvalue weighted by Gasteiger charge is 2.45. The fourth-order valence-corrected chi connectivity index (χ4v) is 5.40. The van der Waals surface area contributed by atoms with Crippen molar-refractivity contribution in [3.8, 4) is 0 Å². The quantitative estimate of drug-likeness (QED) is 0.551. The minimum absolute atomic E-state index is 0.125. The fraction of sp³-hybridized carbons (Fsp3) is 0.667. The monoisotopic (exact) mass is 393 g/mol. The molecule has 0 amide bonds. The maximum Gasteiger partial charge on any atom is 0.191 e. The maximum absolute atomic E-state index is 14.2. The van der Waals surface area contributed by atoms with Crippen LogP contribution in [0.2, 0.25) is 0 Å². The molecule has 2 aliphatic carbocycles. The Morgan fingerprint density at radius 1 is 1.30 bits per heavy atom. The molecule has 4 nitrogen and oxygen atoms in total.